The maximum absolute atomic E-state index is 11.2. The highest BCUT2D eigenvalue weighted by Gasteiger charge is 2.24. The lowest BCUT2D eigenvalue weighted by Gasteiger charge is -2.00. The molecule has 0 aliphatic carbocycles. The van der Waals surface area contributed by atoms with Gasteiger partial charge in [0, 0.05) is 16.9 Å². The van der Waals surface area contributed by atoms with E-state index in [1.54, 1.807) is 18.2 Å². The smallest absolute Gasteiger partial charge is 0.398 e. The third-order valence-electron chi connectivity index (χ3n) is 1.49. The standard InChI is InChI=1S/C9H8ClNO4/c10-7(6-8(12)13)9(14)15-11-4-2-1-3-5-11/h1-5,7H,6H2/p+1. The van der Waals surface area contributed by atoms with E-state index in [1.165, 1.54) is 12.4 Å². The van der Waals surface area contributed by atoms with Crippen molar-refractivity contribution in [2.45, 2.75) is 11.8 Å². The number of alkyl halides is 1. The molecule has 1 unspecified atom stereocenters. The molecule has 0 fully saturated rings. The second-order valence-electron chi connectivity index (χ2n) is 2.71. The third kappa shape index (κ3) is 3.95. The zero-order valence-electron chi connectivity index (χ0n) is 7.67. The van der Waals surface area contributed by atoms with Gasteiger partial charge < -0.3 is 5.11 Å². The van der Waals surface area contributed by atoms with Gasteiger partial charge in [0.05, 0.1) is 6.42 Å². The second-order valence-corrected chi connectivity index (χ2v) is 3.24. The lowest BCUT2D eigenvalue weighted by molar-refractivity contribution is -0.869. The van der Waals surface area contributed by atoms with E-state index in [1.807, 2.05) is 0 Å². The summed E-state index contributed by atoms with van der Waals surface area (Å²) < 4.78 is 1.15. The van der Waals surface area contributed by atoms with Crippen molar-refractivity contribution in [3.8, 4) is 0 Å². The predicted molar refractivity (Wildman–Crippen MR) is 50.1 cm³/mol. The molecular formula is C9H9ClNO4+. The summed E-state index contributed by atoms with van der Waals surface area (Å²) in [7, 11) is 0. The number of hydrogen-bond acceptors (Lipinski definition) is 3. The maximum Gasteiger partial charge on any atom is 0.398 e. The van der Waals surface area contributed by atoms with Gasteiger partial charge in [0.25, 0.3) is 0 Å². The van der Waals surface area contributed by atoms with Gasteiger partial charge in [0.15, 0.2) is 0 Å². The van der Waals surface area contributed by atoms with Crippen molar-refractivity contribution in [2.24, 2.45) is 0 Å². The first-order valence-electron chi connectivity index (χ1n) is 4.14. The van der Waals surface area contributed by atoms with Crippen LogP contribution in [-0.2, 0) is 9.59 Å². The van der Waals surface area contributed by atoms with Gasteiger partial charge in [-0.2, -0.15) is 4.84 Å². The second kappa shape index (κ2) is 5.31. The molecule has 80 valence electrons. The van der Waals surface area contributed by atoms with E-state index in [0.717, 1.165) is 4.73 Å². The number of carboxylic acids is 1. The highest BCUT2D eigenvalue weighted by Crippen LogP contribution is 2.01. The predicted octanol–water partition coefficient (Wildman–Crippen LogP) is 0.0114. The molecule has 1 atom stereocenters. The highest BCUT2D eigenvalue weighted by molar-refractivity contribution is 6.30. The summed E-state index contributed by atoms with van der Waals surface area (Å²) in [5, 5.41) is 7.21. The number of halogens is 1. The molecule has 15 heavy (non-hydrogen) atoms. The Morgan fingerprint density at radius 3 is 2.47 bits per heavy atom. The molecule has 5 nitrogen and oxygen atoms in total. The van der Waals surface area contributed by atoms with Crippen LogP contribution < -0.4 is 9.57 Å². The van der Waals surface area contributed by atoms with E-state index in [2.05, 4.69) is 0 Å². The Morgan fingerprint density at radius 2 is 1.93 bits per heavy atom. The first-order valence-corrected chi connectivity index (χ1v) is 4.57. The Morgan fingerprint density at radius 1 is 1.33 bits per heavy atom. The molecule has 0 aliphatic heterocycles. The molecule has 1 heterocycles. The van der Waals surface area contributed by atoms with Crippen molar-refractivity contribution in [3.05, 3.63) is 30.6 Å². The average molecular weight is 231 g/mol. The average Bonchev–Trinajstić information content (AvgIpc) is 2.18. The zero-order valence-corrected chi connectivity index (χ0v) is 8.42. The first kappa shape index (κ1) is 11.5. The Labute approximate surface area is 90.8 Å². The number of aromatic nitrogens is 1. The minimum Gasteiger partial charge on any atom is -0.481 e. The third-order valence-corrected chi connectivity index (χ3v) is 1.83. The topological polar surface area (TPSA) is 67.5 Å². The fourth-order valence-electron chi connectivity index (χ4n) is 0.841. The molecular weight excluding hydrogens is 222 g/mol. The number of pyridine rings is 1. The Bertz CT molecular complexity index is 354. The number of carbonyl (C=O) groups excluding carboxylic acids is 1. The van der Waals surface area contributed by atoms with Crippen molar-refractivity contribution >= 4 is 23.5 Å². The molecule has 1 rings (SSSR count). The molecule has 6 heteroatoms. The van der Waals surface area contributed by atoms with Gasteiger partial charge in [-0.3, -0.25) is 4.79 Å². The van der Waals surface area contributed by atoms with Gasteiger partial charge in [0.1, 0.15) is 5.38 Å². The fourth-order valence-corrected chi connectivity index (χ4v) is 1.01. The van der Waals surface area contributed by atoms with Crippen LogP contribution in [0.2, 0.25) is 0 Å². The van der Waals surface area contributed by atoms with E-state index in [9.17, 15) is 9.59 Å². The summed E-state index contributed by atoms with van der Waals surface area (Å²) in [6.45, 7) is 0. The zero-order chi connectivity index (χ0) is 11.3. The van der Waals surface area contributed by atoms with Gasteiger partial charge in [-0.1, -0.05) is 6.07 Å². The summed E-state index contributed by atoms with van der Waals surface area (Å²) in [6.07, 6.45) is 2.54. The van der Waals surface area contributed by atoms with Crippen LogP contribution in [-0.4, -0.2) is 22.4 Å². The number of nitrogens with zero attached hydrogens (tertiary/aromatic N) is 1. The van der Waals surface area contributed by atoms with E-state index in [0.29, 0.717) is 0 Å². The van der Waals surface area contributed by atoms with Gasteiger partial charge >= 0.3 is 11.9 Å². The maximum atomic E-state index is 11.2. The molecule has 0 radical (unpaired) electrons. The molecule has 1 N–H and O–H groups in total. The van der Waals surface area contributed by atoms with E-state index in [-0.39, 0.29) is 0 Å². The van der Waals surface area contributed by atoms with Gasteiger partial charge in [-0.25, -0.2) is 4.79 Å². The largest absolute Gasteiger partial charge is 0.481 e. The highest BCUT2D eigenvalue weighted by atomic mass is 35.5. The lowest BCUT2D eigenvalue weighted by Crippen LogP contribution is -2.47. The monoisotopic (exact) mass is 230 g/mol. The van der Waals surface area contributed by atoms with E-state index in [4.69, 9.17) is 21.5 Å². The minimum atomic E-state index is -1.18. The fraction of sp³-hybridized carbons (Fsp3) is 0.222. The number of carboxylic acid groups (broad SMARTS) is 1. The van der Waals surface area contributed by atoms with Crippen LogP contribution in [0, 0.1) is 0 Å². The number of aliphatic carboxylic acids is 1. The van der Waals surface area contributed by atoms with E-state index >= 15 is 0 Å². The van der Waals surface area contributed by atoms with Crippen LogP contribution in [0.4, 0.5) is 0 Å². The van der Waals surface area contributed by atoms with Crippen LogP contribution >= 0.6 is 11.6 Å². The van der Waals surface area contributed by atoms with Crippen molar-refractivity contribution < 1.29 is 24.3 Å². The van der Waals surface area contributed by atoms with E-state index < -0.39 is 23.7 Å². The Balaban J connectivity index is 2.52. The summed E-state index contributed by atoms with van der Waals surface area (Å²) in [6, 6.07) is 5.07. The molecule has 0 aromatic carbocycles. The van der Waals surface area contributed by atoms with Crippen LogP contribution in [0.5, 0.6) is 0 Å². The molecule has 1 aromatic rings. The van der Waals surface area contributed by atoms with Crippen LogP contribution in [0.15, 0.2) is 30.6 Å². The normalized spacial score (nSPS) is 11.8. The summed E-state index contributed by atoms with van der Waals surface area (Å²) in [5.74, 6) is -1.94. The van der Waals surface area contributed by atoms with Gasteiger partial charge in [-0.05, 0) is 0 Å². The Hall–Kier alpha value is -1.62. The molecule has 0 amide bonds. The summed E-state index contributed by atoms with van der Waals surface area (Å²) in [5.41, 5.74) is 0. The molecule has 0 saturated carbocycles. The van der Waals surface area contributed by atoms with Crippen molar-refractivity contribution in [1.29, 1.82) is 0 Å². The summed E-state index contributed by atoms with van der Waals surface area (Å²) in [4.78, 5) is 26.2. The molecule has 0 bridgehead atoms. The van der Waals surface area contributed by atoms with Gasteiger partial charge in [-0.15, -0.1) is 11.6 Å². The van der Waals surface area contributed by atoms with Gasteiger partial charge in [0.2, 0.25) is 12.4 Å². The number of hydrogen-bond donors (Lipinski definition) is 1. The lowest BCUT2D eigenvalue weighted by atomic mass is 10.3. The van der Waals surface area contributed by atoms with Crippen molar-refractivity contribution in [3.63, 3.8) is 0 Å². The molecule has 0 spiro atoms. The quantitative estimate of drug-likeness (QED) is 0.585. The minimum absolute atomic E-state index is 0.465. The number of rotatable bonds is 4. The molecule has 0 saturated heterocycles. The van der Waals surface area contributed by atoms with Crippen molar-refractivity contribution in [1.82, 2.24) is 0 Å². The Kier molecular flexibility index (Phi) is 4.05. The van der Waals surface area contributed by atoms with Crippen LogP contribution in [0.25, 0.3) is 0 Å². The molecule has 0 aliphatic rings. The van der Waals surface area contributed by atoms with Crippen LogP contribution in [0.1, 0.15) is 6.42 Å². The van der Waals surface area contributed by atoms with Crippen molar-refractivity contribution in [2.75, 3.05) is 0 Å². The first-order chi connectivity index (χ1) is 7.09. The number of carbonyl (C=O) groups is 2. The summed E-state index contributed by atoms with van der Waals surface area (Å²) >= 11 is 5.51. The van der Waals surface area contributed by atoms with Crippen LogP contribution in [0.3, 0.4) is 0 Å². The SMILES string of the molecule is O=C(O)CC(Cl)C(=O)O[n+]1ccccc1. The molecule has 1 aromatic heterocycles.